The molecule has 0 heterocycles. The van der Waals surface area contributed by atoms with E-state index in [1.54, 1.807) is 12.1 Å². The molecule has 2 atom stereocenters. The van der Waals surface area contributed by atoms with Crippen molar-refractivity contribution < 1.29 is 8.42 Å². The molecule has 0 saturated heterocycles. The van der Waals surface area contributed by atoms with Gasteiger partial charge in [0, 0.05) is 6.54 Å². The van der Waals surface area contributed by atoms with E-state index in [1.165, 1.54) is 0 Å². The third-order valence-corrected chi connectivity index (χ3v) is 6.25. The third kappa shape index (κ3) is 3.50. The number of nitrogens with one attached hydrogen (secondary N) is 1. The summed E-state index contributed by atoms with van der Waals surface area (Å²) >= 11 is 0. The van der Waals surface area contributed by atoms with Crippen LogP contribution >= 0.6 is 0 Å². The largest absolute Gasteiger partial charge is 0.240 e. The van der Waals surface area contributed by atoms with Crippen LogP contribution < -0.4 is 4.72 Å². The predicted molar refractivity (Wildman–Crippen MR) is 84.7 cm³/mol. The Kier molecular flexibility index (Phi) is 4.51. The first-order valence-electron chi connectivity index (χ1n) is 8.09. The first kappa shape index (κ1) is 15.5. The average Bonchev–Trinajstić information content (AvgIpc) is 3.37. The summed E-state index contributed by atoms with van der Waals surface area (Å²) in [7, 11) is -3.40. The summed E-state index contributed by atoms with van der Waals surface area (Å²) < 4.78 is 27.1. The molecule has 2 unspecified atom stereocenters. The molecule has 0 radical (unpaired) electrons. The van der Waals surface area contributed by atoms with Gasteiger partial charge in [0.25, 0.3) is 0 Å². The highest BCUT2D eigenvalue weighted by Crippen LogP contribution is 2.37. The second kappa shape index (κ2) is 6.39. The van der Waals surface area contributed by atoms with Crippen molar-refractivity contribution in [3.05, 3.63) is 29.8 Å². The first-order chi connectivity index (χ1) is 10.6. The van der Waals surface area contributed by atoms with Gasteiger partial charge in [0.2, 0.25) is 10.0 Å². The number of nitriles is 1. The van der Waals surface area contributed by atoms with Gasteiger partial charge in [-0.1, -0.05) is 25.0 Å². The van der Waals surface area contributed by atoms with Crippen LogP contribution in [0.15, 0.2) is 29.2 Å². The average molecular weight is 318 g/mol. The van der Waals surface area contributed by atoms with E-state index in [-0.39, 0.29) is 11.8 Å². The molecule has 0 spiro atoms. The molecule has 2 aliphatic rings. The molecule has 1 N–H and O–H groups in total. The van der Waals surface area contributed by atoms with Gasteiger partial charge in [0.15, 0.2) is 0 Å². The maximum Gasteiger partial charge on any atom is 0.240 e. The molecule has 2 aliphatic carbocycles. The summed E-state index contributed by atoms with van der Waals surface area (Å²) in [5, 5.41) is 9.28. The molecule has 0 bridgehead atoms. The minimum atomic E-state index is -3.40. The minimum Gasteiger partial charge on any atom is -0.211 e. The van der Waals surface area contributed by atoms with Crippen LogP contribution in [0.2, 0.25) is 0 Å². The number of benzene rings is 1. The zero-order chi connectivity index (χ0) is 15.6. The van der Waals surface area contributed by atoms with E-state index in [9.17, 15) is 13.7 Å². The summed E-state index contributed by atoms with van der Waals surface area (Å²) in [5.41, 5.74) is 1.09. The minimum absolute atomic E-state index is 0.0594. The number of nitrogens with zero attached hydrogens (tertiary/aromatic N) is 1. The number of hydrogen-bond acceptors (Lipinski definition) is 3. The zero-order valence-corrected chi connectivity index (χ0v) is 13.5. The Morgan fingerprint density at radius 2 is 1.77 bits per heavy atom. The van der Waals surface area contributed by atoms with Crippen LogP contribution in [0.1, 0.15) is 50.0 Å². The highest BCUT2D eigenvalue weighted by molar-refractivity contribution is 7.89. The van der Waals surface area contributed by atoms with Crippen molar-refractivity contribution in [2.45, 2.75) is 49.3 Å². The van der Waals surface area contributed by atoms with Crippen LogP contribution in [0.4, 0.5) is 0 Å². The standard InChI is InChI=1S/C17H22N2O2S/c18-11-15-3-1-2-4-17(15)14-7-9-16(10-8-14)22(20,21)19-12-13-5-6-13/h7-10,13,15,17,19H,1-6,12H2. The molecule has 1 aromatic rings. The fourth-order valence-corrected chi connectivity index (χ4v) is 4.33. The Morgan fingerprint density at radius 1 is 1.09 bits per heavy atom. The van der Waals surface area contributed by atoms with Gasteiger partial charge in [-0.05, 0) is 55.2 Å². The maximum absolute atomic E-state index is 12.2. The molecule has 2 fully saturated rings. The van der Waals surface area contributed by atoms with Crippen LogP contribution in [-0.4, -0.2) is 15.0 Å². The van der Waals surface area contributed by atoms with Gasteiger partial charge in [-0.3, -0.25) is 0 Å². The molecule has 5 heteroatoms. The lowest BCUT2D eigenvalue weighted by Gasteiger charge is -2.27. The molecule has 1 aromatic carbocycles. The lowest BCUT2D eigenvalue weighted by atomic mass is 9.76. The van der Waals surface area contributed by atoms with Crippen LogP contribution in [0, 0.1) is 23.2 Å². The van der Waals surface area contributed by atoms with E-state index >= 15 is 0 Å². The highest BCUT2D eigenvalue weighted by atomic mass is 32.2. The van der Waals surface area contributed by atoms with Crippen molar-refractivity contribution in [1.29, 1.82) is 5.26 Å². The summed E-state index contributed by atoms with van der Waals surface area (Å²) in [6.45, 7) is 0.545. The zero-order valence-electron chi connectivity index (χ0n) is 12.7. The van der Waals surface area contributed by atoms with E-state index in [4.69, 9.17) is 0 Å². The lowest BCUT2D eigenvalue weighted by molar-refractivity contribution is 0.369. The number of rotatable bonds is 5. The lowest BCUT2D eigenvalue weighted by Crippen LogP contribution is -2.25. The molecule has 3 rings (SSSR count). The van der Waals surface area contributed by atoms with Crippen LogP contribution in [0.5, 0.6) is 0 Å². The molecular formula is C17H22N2O2S. The van der Waals surface area contributed by atoms with E-state index < -0.39 is 10.0 Å². The Balaban J connectivity index is 1.72. The Hall–Kier alpha value is -1.38. The van der Waals surface area contributed by atoms with E-state index in [1.807, 2.05) is 12.1 Å². The van der Waals surface area contributed by atoms with Crippen molar-refractivity contribution >= 4 is 10.0 Å². The summed E-state index contributed by atoms with van der Waals surface area (Å²) in [4.78, 5) is 0.321. The third-order valence-electron chi connectivity index (χ3n) is 4.81. The smallest absolute Gasteiger partial charge is 0.211 e. The normalized spacial score (nSPS) is 25.6. The topological polar surface area (TPSA) is 70.0 Å². The van der Waals surface area contributed by atoms with E-state index in [2.05, 4.69) is 10.8 Å². The molecule has 0 amide bonds. The van der Waals surface area contributed by atoms with Gasteiger partial charge < -0.3 is 0 Å². The molecule has 0 aromatic heterocycles. The van der Waals surface area contributed by atoms with Crippen molar-refractivity contribution in [2.75, 3.05) is 6.54 Å². The summed E-state index contributed by atoms with van der Waals surface area (Å²) in [6, 6.07) is 9.52. The van der Waals surface area contributed by atoms with Gasteiger partial charge in [0.1, 0.15) is 0 Å². The fraction of sp³-hybridized carbons (Fsp3) is 0.588. The molecule has 118 valence electrons. The summed E-state index contributed by atoms with van der Waals surface area (Å²) in [5.74, 6) is 0.826. The van der Waals surface area contributed by atoms with Crippen LogP contribution in [-0.2, 0) is 10.0 Å². The van der Waals surface area contributed by atoms with Crippen molar-refractivity contribution in [2.24, 2.45) is 11.8 Å². The second-order valence-electron chi connectivity index (χ2n) is 6.49. The van der Waals surface area contributed by atoms with Gasteiger partial charge in [-0.2, -0.15) is 5.26 Å². The van der Waals surface area contributed by atoms with E-state index in [0.29, 0.717) is 17.4 Å². The number of hydrogen-bond donors (Lipinski definition) is 1. The Bertz CT molecular complexity index is 657. The van der Waals surface area contributed by atoms with Gasteiger partial charge in [-0.25, -0.2) is 13.1 Å². The van der Waals surface area contributed by atoms with Crippen molar-refractivity contribution in [3.8, 4) is 6.07 Å². The fourth-order valence-electron chi connectivity index (χ4n) is 3.21. The van der Waals surface area contributed by atoms with Gasteiger partial charge in [-0.15, -0.1) is 0 Å². The second-order valence-corrected chi connectivity index (χ2v) is 8.26. The van der Waals surface area contributed by atoms with Gasteiger partial charge >= 0.3 is 0 Å². The predicted octanol–water partition coefficient (Wildman–Crippen LogP) is 3.17. The molecular weight excluding hydrogens is 296 g/mol. The molecule has 2 saturated carbocycles. The first-order valence-corrected chi connectivity index (χ1v) is 9.58. The van der Waals surface area contributed by atoms with E-state index in [0.717, 1.165) is 44.1 Å². The van der Waals surface area contributed by atoms with Gasteiger partial charge in [0.05, 0.1) is 16.9 Å². The quantitative estimate of drug-likeness (QED) is 0.906. The maximum atomic E-state index is 12.2. The van der Waals surface area contributed by atoms with Crippen LogP contribution in [0.3, 0.4) is 0 Å². The molecule has 22 heavy (non-hydrogen) atoms. The SMILES string of the molecule is N#CC1CCCCC1c1ccc(S(=O)(=O)NCC2CC2)cc1. The van der Waals surface area contributed by atoms with Crippen molar-refractivity contribution in [1.82, 2.24) is 4.72 Å². The molecule has 0 aliphatic heterocycles. The number of sulfonamides is 1. The Labute approximate surface area is 132 Å². The van der Waals surface area contributed by atoms with Crippen LogP contribution in [0.25, 0.3) is 0 Å². The monoisotopic (exact) mass is 318 g/mol. The Morgan fingerprint density at radius 3 is 2.41 bits per heavy atom. The highest BCUT2D eigenvalue weighted by Gasteiger charge is 2.27. The van der Waals surface area contributed by atoms with Crippen molar-refractivity contribution in [3.63, 3.8) is 0 Å². The summed E-state index contributed by atoms with van der Waals surface area (Å²) in [6.07, 6.45) is 6.48. The molecule has 4 nitrogen and oxygen atoms in total.